The van der Waals surface area contributed by atoms with Crippen LogP contribution in [-0.2, 0) is 43.1 Å². The summed E-state index contributed by atoms with van der Waals surface area (Å²) in [6, 6.07) is 60.5. The Kier molecular flexibility index (Phi) is 42.9. The molecule has 5 aliphatic carbocycles. The maximum absolute atomic E-state index is 13.3. The van der Waals surface area contributed by atoms with Crippen LogP contribution in [0.4, 0.5) is 65.9 Å². The SMILES string of the molecule is CCCCOC(C)=O.C[C@@H](NC1=C([C@@H](CC(=O)C(F)(F)F)c2cccc(C#N)c2)C(=O)CCC1)c1ccccc1.C[C@@H](NC1=CC(=O)CCC1)c1ccccc1.C[Si](C)(C)Cl.N#Cc1cccc(/C=C/C(=O)C(F)(F)F)c1.N#Cc1cccc([C@@H]2C=C(C(F)(F)F)NC3=C2C(=O)CCC3)c1.N#Cc1cccc([C@@H]2C=C(C(F)(F)F)NC3=C2C(=O)CCC3)c1.N#Cc1cccc([C@@H]2CC(O)(C(F)(F)F)NC3=C2C(=O)CCC3)c1. The van der Waals surface area contributed by atoms with Crippen molar-refractivity contribution in [1.82, 2.24) is 26.6 Å². The van der Waals surface area contributed by atoms with Gasteiger partial charge in [0.25, 0.3) is 5.78 Å². The van der Waals surface area contributed by atoms with Gasteiger partial charge in [0, 0.05) is 144 Å². The summed E-state index contributed by atoms with van der Waals surface area (Å²) in [4.78, 5) is 93.6. The van der Waals surface area contributed by atoms with Gasteiger partial charge in [0.15, 0.2) is 28.9 Å². The van der Waals surface area contributed by atoms with Crippen LogP contribution in [-0.4, -0.2) is 102 Å². The predicted molar refractivity (Wildman–Crippen MR) is 523 cm³/mol. The number of halogens is 16. The molecule has 1 unspecified atom stereocenters. The number of nitrogens with one attached hydrogen (secondary N) is 5. The zero-order valence-electron chi connectivity index (χ0n) is 81.2. The van der Waals surface area contributed by atoms with E-state index in [2.05, 4.69) is 76.9 Å². The van der Waals surface area contributed by atoms with Gasteiger partial charge in [0.1, 0.15) is 18.8 Å². The molecule has 7 aromatic carbocycles. The van der Waals surface area contributed by atoms with Crippen molar-refractivity contribution in [3.8, 4) is 30.3 Å². The van der Waals surface area contributed by atoms with Gasteiger partial charge < -0.3 is 36.4 Å². The van der Waals surface area contributed by atoms with E-state index in [-0.39, 0.29) is 83.1 Å². The number of alkyl halides is 15. The zero-order chi connectivity index (χ0) is 109. The van der Waals surface area contributed by atoms with Crippen LogP contribution in [0.5, 0.6) is 0 Å². The summed E-state index contributed by atoms with van der Waals surface area (Å²) >= 11 is 5.67. The summed E-state index contributed by atoms with van der Waals surface area (Å²) in [5.41, 5.74) is 4.97. The maximum Gasteiger partial charge on any atom is 0.454 e. The highest BCUT2D eigenvalue weighted by molar-refractivity contribution is 7.18. The van der Waals surface area contributed by atoms with E-state index in [1.165, 1.54) is 67.1 Å². The van der Waals surface area contributed by atoms with E-state index in [0.29, 0.717) is 161 Å². The maximum atomic E-state index is 13.3. The molecular formula is C110H108ClF15N10O10Si. The largest absolute Gasteiger partial charge is 0.466 e. The number of ether oxygens (including phenoxy) is 1. The molecule has 0 amide bonds. The minimum atomic E-state index is -5.01. The van der Waals surface area contributed by atoms with E-state index in [9.17, 15) is 115 Å². The number of nitriles is 5. The number of dihydropyridines is 2. The number of benzene rings is 7. The molecule has 0 spiro atoms. The molecule has 0 fully saturated rings. The normalized spacial score (nSPS) is 18.7. The Labute approximate surface area is 847 Å². The Morgan fingerprint density at radius 2 is 0.912 bits per heavy atom. The molecule has 0 bridgehead atoms. The van der Waals surface area contributed by atoms with Crippen LogP contribution < -0.4 is 26.6 Å². The van der Waals surface area contributed by atoms with Gasteiger partial charge >= 0.3 is 36.9 Å². The molecule has 8 aliphatic rings. The van der Waals surface area contributed by atoms with Gasteiger partial charge in [0.2, 0.25) is 11.5 Å². The molecule has 20 nitrogen and oxygen atoms in total. The molecule has 3 heterocycles. The molecule has 15 rings (SSSR count). The van der Waals surface area contributed by atoms with E-state index in [4.69, 9.17) is 32.1 Å². The average molecular weight is 2080 g/mol. The quantitative estimate of drug-likeness (QED) is 0.0116. The Balaban J connectivity index is 0.000000212. The number of nitrogens with zero attached hydrogens (tertiary/aromatic N) is 5. The summed E-state index contributed by atoms with van der Waals surface area (Å²) in [6.45, 7) is 14.4. The molecule has 37 heteroatoms. The summed E-state index contributed by atoms with van der Waals surface area (Å²) in [6.07, 6.45) is -10.5. The fraction of sp³-hybridized carbons (Fsp3) is 0.355. The highest BCUT2D eigenvalue weighted by Gasteiger charge is 2.59. The molecule has 0 radical (unpaired) electrons. The van der Waals surface area contributed by atoms with Gasteiger partial charge in [0.05, 0.1) is 64.8 Å². The van der Waals surface area contributed by atoms with Crippen LogP contribution in [0.25, 0.3) is 6.08 Å². The van der Waals surface area contributed by atoms with Crippen molar-refractivity contribution in [2.45, 2.75) is 242 Å². The number of carbonyl (C=O) groups excluding carboxylic acids is 8. The van der Waals surface area contributed by atoms with Crippen molar-refractivity contribution < 1.29 is 114 Å². The lowest BCUT2D eigenvalue weighted by atomic mass is 9.74. The number of unbranched alkanes of at least 4 members (excludes halogenated alkanes) is 1. The van der Waals surface area contributed by atoms with Crippen molar-refractivity contribution in [2.24, 2.45) is 0 Å². The van der Waals surface area contributed by atoms with Crippen molar-refractivity contribution in [3.63, 3.8) is 0 Å². The second-order valence-electron chi connectivity index (χ2n) is 36.1. The lowest BCUT2D eigenvalue weighted by Crippen LogP contribution is -2.60. The van der Waals surface area contributed by atoms with Gasteiger partial charge in [-0.1, -0.05) is 160 Å². The number of Topliss-reactive ketones (excluding diaryl/α,β-unsaturated/α-hetero) is 5. The number of aliphatic hydroxyl groups is 1. The molecule has 7 atom stereocenters. The van der Waals surface area contributed by atoms with Crippen molar-refractivity contribution in [2.75, 3.05) is 6.61 Å². The van der Waals surface area contributed by atoms with Crippen molar-refractivity contribution in [3.05, 3.63) is 335 Å². The van der Waals surface area contributed by atoms with E-state index in [0.717, 1.165) is 55.2 Å². The lowest BCUT2D eigenvalue weighted by Gasteiger charge is -2.43. The number of esters is 1. The smallest absolute Gasteiger partial charge is 0.454 e. The molecule has 774 valence electrons. The van der Waals surface area contributed by atoms with Crippen LogP contribution in [0.2, 0.25) is 19.6 Å². The Morgan fingerprint density at radius 1 is 0.503 bits per heavy atom. The number of hydrogen-bond donors (Lipinski definition) is 6. The summed E-state index contributed by atoms with van der Waals surface area (Å²) in [7, 11) is -1.14. The fourth-order valence-corrected chi connectivity index (χ4v) is 16.8. The Bertz CT molecular complexity index is 6300. The van der Waals surface area contributed by atoms with Crippen LogP contribution in [0, 0.1) is 56.7 Å². The van der Waals surface area contributed by atoms with Gasteiger partial charge in [-0.3, -0.25) is 38.4 Å². The van der Waals surface area contributed by atoms with E-state index < -0.39 is 103 Å². The molecule has 0 saturated heterocycles. The average Bonchev–Trinajstić information content (AvgIpc) is 0.761. The first-order valence-corrected chi connectivity index (χ1v) is 51.5. The number of allylic oxidation sites excluding steroid dienone is 15. The predicted octanol–water partition coefficient (Wildman–Crippen LogP) is 24.9. The van der Waals surface area contributed by atoms with E-state index in [1.54, 1.807) is 72.8 Å². The number of rotatable bonds is 18. The third-order valence-electron chi connectivity index (χ3n) is 23.7. The first kappa shape index (κ1) is 118. The lowest BCUT2D eigenvalue weighted by molar-refractivity contribution is -0.275. The molecule has 0 saturated carbocycles. The zero-order valence-corrected chi connectivity index (χ0v) is 83.0. The molecule has 7 aromatic rings. The van der Waals surface area contributed by atoms with E-state index >= 15 is 0 Å². The topological polar surface area (TPSA) is 345 Å². The standard InChI is InChI=1S/C25H23F3N2O2.C17H15F3N2O2.2C17H13F3N2O.C14H17NO.C11H6F3NO.C6H12O2.C3H9ClSi/c1-16(18-8-3-2-4-9-18)30-21-11-6-12-22(31)24(21)20(14-23(32)25(26,27)28)19-10-5-7-17(13-19)15-29;18-17(19,20)16(24)8-12(11-4-1-3-10(7-11)9-21)15-13(22-16)5-2-6-14(15)23;2*18-17(19,20)15-8-12(11-4-1-3-10(7-11)9-21)16-13(22-15)5-2-6-14(16)23;1-11(12-6-3-2-4-7-12)15-13-8-5-9-14(16)10-13;12-11(13,14)10(16)5-4-8-2-1-3-9(6-8)7-15;1-3-4-5-8-6(2)7;1-5(2,3)4/h2-5,7-10,13,16,20,30H,6,11-12,14H2,1H3;1,3-4,7,12,22,24H,2,5-6,8H2;2*1,3-4,7-8,12,22H,2,5-6H2;2-4,6-7,10-11,15H,5,8-9H2,1H3;1-6H;3-5H2,1-2H3;1-3H3/b;;;;;5-4+;;/t16-,20+;12-,16?;2*12-;11-;;;/m10001.../s1. The van der Waals surface area contributed by atoms with Gasteiger partial charge in [-0.15, -0.1) is 0 Å². The van der Waals surface area contributed by atoms with Crippen LogP contribution in [0.1, 0.15) is 252 Å². The summed E-state index contributed by atoms with van der Waals surface area (Å²) in [5, 5.41) is 68.5. The minimum Gasteiger partial charge on any atom is -0.466 e. The van der Waals surface area contributed by atoms with Gasteiger partial charge in [-0.05, 0) is 202 Å². The van der Waals surface area contributed by atoms with Gasteiger partial charge in [-0.2, -0.15) is 103 Å². The second kappa shape index (κ2) is 53.5. The highest BCUT2D eigenvalue weighted by Crippen LogP contribution is 2.49. The summed E-state index contributed by atoms with van der Waals surface area (Å²) < 4.78 is 198. The fourth-order valence-electron chi connectivity index (χ4n) is 16.8. The van der Waals surface area contributed by atoms with Gasteiger partial charge in [-0.25, -0.2) is 0 Å². The first-order valence-electron chi connectivity index (χ1n) is 47.0. The molecule has 0 aromatic heterocycles. The summed E-state index contributed by atoms with van der Waals surface area (Å²) in [5.74, 6) is -8.04. The molecule has 6 N–H and O–H groups in total. The third kappa shape index (κ3) is 35.7. The Morgan fingerprint density at radius 3 is 1.35 bits per heavy atom. The van der Waals surface area contributed by atoms with Crippen molar-refractivity contribution in [1.29, 1.82) is 26.3 Å². The van der Waals surface area contributed by atoms with E-state index in [1.807, 2.05) is 85.8 Å². The molecule has 3 aliphatic heterocycles. The number of hydrogen-bond acceptors (Lipinski definition) is 20. The highest BCUT2D eigenvalue weighted by atomic mass is 35.6. The Hall–Kier alpha value is -14.5. The first-order chi connectivity index (χ1) is 69.2. The monoisotopic (exact) mass is 2080 g/mol. The van der Waals surface area contributed by atoms with Crippen LogP contribution in [0.15, 0.2) is 268 Å². The third-order valence-corrected chi connectivity index (χ3v) is 23.7. The van der Waals surface area contributed by atoms with Crippen LogP contribution >= 0.6 is 11.1 Å². The minimum absolute atomic E-state index is 0.136. The number of carbonyl (C=O) groups is 8. The second-order valence-corrected chi connectivity index (χ2v) is 43.7. The van der Waals surface area contributed by atoms with Crippen molar-refractivity contribution >= 4 is 71.0 Å². The van der Waals surface area contributed by atoms with Crippen LogP contribution in [0.3, 0.4) is 0 Å². The molecular weight excluding hydrogens is 1970 g/mol. The molecule has 147 heavy (non-hydrogen) atoms. The number of ketones is 7.